The SMILES string of the molecule is CCCCc1nc2cccnc2n1Cc1ccc2sc(-c3ccccc3-c3nn[nH]n3)nc2c1. The van der Waals surface area contributed by atoms with Gasteiger partial charge in [0, 0.05) is 23.7 Å². The molecule has 4 aromatic heterocycles. The standard InChI is InChI=1S/C25H22N8S/c1-2-3-10-22-27-19-9-6-13-26-24(19)33(22)15-16-11-12-21-20(14-16)28-25(34-21)18-8-5-4-7-17(18)23-29-31-32-30-23/h4-9,11-14H,2-3,10,15H2,1H3,(H,29,30,31,32). The van der Waals surface area contributed by atoms with Gasteiger partial charge in [0.2, 0.25) is 5.82 Å². The van der Waals surface area contributed by atoms with Gasteiger partial charge in [0.25, 0.3) is 0 Å². The molecule has 6 aromatic rings. The number of thiazole rings is 1. The molecular weight excluding hydrogens is 444 g/mol. The molecule has 4 heterocycles. The van der Waals surface area contributed by atoms with Crippen LogP contribution in [0.3, 0.4) is 0 Å². The number of H-pyrrole nitrogens is 1. The summed E-state index contributed by atoms with van der Waals surface area (Å²) in [7, 11) is 0. The van der Waals surface area contributed by atoms with Gasteiger partial charge in [-0.15, -0.1) is 21.5 Å². The van der Waals surface area contributed by atoms with Gasteiger partial charge in [0.1, 0.15) is 16.3 Å². The highest BCUT2D eigenvalue weighted by molar-refractivity contribution is 7.21. The van der Waals surface area contributed by atoms with Gasteiger partial charge < -0.3 is 4.57 Å². The number of nitrogens with zero attached hydrogens (tertiary/aromatic N) is 7. The molecule has 34 heavy (non-hydrogen) atoms. The Morgan fingerprint density at radius 2 is 1.88 bits per heavy atom. The molecule has 0 radical (unpaired) electrons. The number of rotatable bonds is 7. The number of benzene rings is 2. The Bertz CT molecular complexity index is 1580. The number of fused-ring (bicyclic) bond motifs is 2. The molecule has 1 N–H and O–H groups in total. The Hall–Kier alpha value is -3.98. The Kier molecular flexibility index (Phi) is 5.31. The summed E-state index contributed by atoms with van der Waals surface area (Å²) in [4.78, 5) is 14.4. The van der Waals surface area contributed by atoms with Gasteiger partial charge in [0.15, 0.2) is 5.65 Å². The largest absolute Gasteiger partial charge is 0.308 e. The zero-order chi connectivity index (χ0) is 22.9. The fraction of sp³-hybridized carbons (Fsp3) is 0.200. The van der Waals surface area contributed by atoms with Crippen LogP contribution in [0.5, 0.6) is 0 Å². The number of aromatic amines is 1. The molecule has 8 nitrogen and oxygen atoms in total. The van der Waals surface area contributed by atoms with E-state index < -0.39 is 0 Å². The summed E-state index contributed by atoms with van der Waals surface area (Å²) in [6, 6.07) is 18.5. The van der Waals surface area contributed by atoms with Gasteiger partial charge in [0.05, 0.1) is 16.8 Å². The van der Waals surface area contributed by atoms with Gasteiger partial charge in [-0.05, 0) is 41.5 Å². The zero-order valence-corrected chi connectivity index (χ0v) is 19.5. The van der Waals surface area contributed by atoms with Crippen LogP contribution in [-0.2, 0) is 13.0 Å². The first kappa shape index (κ1) is 20.6. The van der Waals surface area contributed by atoms with Crippen molar-refractivity contribution in [3.63, 3.8) is 0 Å². The Morgan fingerprint density at radius 3 is 2.74 bits per heavy atom. The topological polar surface area (TPSA) is 98.1 Å². The second-order valence-corrected chi connectivity index (χ2v) is 9.20. The van der Waals surface area contributed by atoms with Crippen molar-refractivity contribution in [3.8, 4) is 22.0 Å². The molecule has 0 atom stereocenters. The summed E-state index contributed by atoms with van der Waals surface area (Å²) < 4.78 is 3.38. The minimum atomic E-state index is 0.564. The average Bonchev–Trinajstić information content (AvgIpc) is 3.62. The number of aromatic nitrogens is 8. The first-order chi connectivity index (χ1) is 16.8. The van der Waals surface area contributed by atoms with E-state index >= 15 is 0 Å². The van der Waals surface area contributed by atoms with E-state index in [4.69, 9.17) is 9.97 Å². The molecule has 0 aliphatic carbocycles. The molecule has 0 amide bonds. The minimum Gasteiger partial charge on any atom is -0.308 e. The third-order valence-electron chi connectivity index (χ3n) is 5.87. The molecule has 0 saturated heterocycles. The van der Waals surface area contributed by atoms with E-state index in [1.807, 2.05) is 42.6 Å². The summed E-state index contributed by atoms with van der Waals surface area (Å²) >= 11 is 1.67. The van der Waals surface area contributed by atoms with E-state index in [0.717, 1.165) is 69.1 Å². The number of imidazole rings is 1. The van der Waals surface area contributed by atoms with Crippen molar-refractivity contribution in [3.05, 3.63) is 72.2 Å². The summed E-state index contributed by atoms with van der Waals surface area (Å²) in [6.45, 7) is 2.92. The fourth-order valence-corrected chi connectivity index (χ4v) is 5.19. The van der Waals surface area contributed by atoms with Gasteiger partial charge in [-0.2, -0.15) is 5.21 Å². The van der Waals surface area contributed by atoms with E-state index in [2.05, 4.69) is 55.3 Å². The van der Waals surface area contributed by atoms with E-state index in [1.165, 1.54) is 5.56 Å². The maximum absolute atomic E-state index is 4.97. The lowest BCUT2D eigenvalue weighted by Gasteiger charge is -2.08. The number of tetrazole rings is 1. The highest BCUT2D eigenvalue weighted by Gasteiger charge is 2.16. The fourth-order valence-electron chi connectivity index (χ4n) is 4.21. The molecule has 2 aromatic carbocycles. The maximum Gasteiger partial charge on any atom is 0.205 e. The second-order valence-electron chi connectivity index (χ2n) is 8.17. The van der Waals surface area contributed by atoms with Crippen LogP contribution in [0.1, 0.15) is 31.2 Å². The predicted octanol–water partition coefficient (Wildman–Crippen LogP) is 5.28. The second kappa shape index (κ2) is 8.75. The average molecular weight is 467 g/mol. The third-order valence-corrected chi connectivity index (χ3v) is 6.94. The van der Waals surface area contributed by atoms with Crippen LogP contribution in [0.25, 0.3) is 43.3 Å². The predicted molar refractivity (Wildman–Crippen MR) is 133 cm³/mol. The van der Waals surface area contributed by atoms with E-state index in [0.29, 0.717) is 5.82 Å². The van der Waals surface area contributed by atoms with Gasteiger partial charge in [-0.1, -0.05) is 43.7 Å². The van der Waals surface area contributed by atoms with Crippen LogP contribution in [0.2, 0.25) is 0 Å². The molecule has 0 unspecified atom stereocenters. The molecule has 6 rings (SSSR count). The Labute approximate surface area is 199 Å². The van der Waals surface area contributed by atoms with Crippen LogP contribution < -0.4 is 0 Å². The lowest BCUT2D eigenvalue weighted by molar-refractivity contribution is 0.687. The molecule has 0 fully saturated rings. The molecule has 0 bridgehead atoms. The van der Waals surface area contributed by atoms with Crippen LogP contribution >= 0.6 is 11.3 Å². The van der Waals surface area contributed by atoms with Gasteiger partial charge >= 0.3 is 0 Å². The lowest BCUT2D eigenvalue weighted by atomic mass is 10.1. The zero-order valence-electron chi connectivity index (χ0n) is 18.6. The van der Waals surface area contributed by atoms with Gasteiger partial charge in [-0.3, -0.25) is 0 Å². The van der Waals surface area contributed by atoms with Crippen molar-refractivity contribution in [2.45, 2.75) is 32.7 Å². The molecule has 0 aliphatic heterocycles. The normalized spacial score (nSPS) is 11.6. The van der Waals surface area contributed by atoms with E-state index in [-0.39, 0.29) is 0 Å². The minimum absolute atomic E-state index is 0.564. The number of unbranched alkanes of at least 4 members (excludes halogenated alkanes) is 1. The first-order valence-corrected chi connectivity index (χ1v) is 12.1. The molecular formula is C25H22N8S. The van der Waals surface area contributed by atoms with E-state index in [9.17, 15) is 0 Å². The molecule has 0 spiro atoms. The summed E-state index contributed by atoms with van der Waals surface area (Å²) in [5.74, 6) is 1.65. The quantitative estimate of drug-likeness (QED) is 0.344. The summed E-state index contributed by atoms with van der Waals surface area (Å²) in [6.07, 6.45) is 5.02. The van der Waals surface area contributed by atoms with Crippen molar-refractivity contribution in [1.29, 1.82) is 0 Å². The first-order valence-electron chi connectivity index (χ1n) is 11.3. The highest BCUT2D eigenvalue weighted by atomic mass is 32.1. The number of pyridine rings is 1. The summed E-state index contributed by atoms with van der Waals surface area (Å²) in [5.41, 5.74) is 5.95. The number of aryl methyl sites for hydroxylation is 1. The smallest absolute Gasteiger partial charge is 0.205 e. The van der Waals surface area contributed by atoms with Crippen molar-refractivity contribution in [1.82, 2.24) is 40.1 Å². The molecule has 0 saturated carbocycles. The van der Waals surface area contributed by atoms with Crippen molar-refractivity contribution >= 4 is 32.7 Å². The summed E-state index contributed by atoms with van der Waals surface area (Å²) in [5, 5.41) is 15.5. The number of hydrogen-bond acceptors (Lipinski definition) is 7. The highest BCUT2D eigenvalue weighted by Crippen LogP contribution is 2.35. The third kappa shape index (κ3) is 3.73. The van der Waals surface area contributed by atoms with Crippen LogP contribution in [-0.4, -0.2) is 40.1 Å². The molecule has 168 valence electrons. The van der Waals surface area contributed by atoms with Crippen molar-refractivity contribution < 1.29 is 0 Å². The van der Waals surface area contributed by atoms with Crippen LogP contribution in [0.4, 0.5) is 0 Å². The van der Waals surface area contributed by atoms with Crippen LogP contribution in [0, 0.1) is 0 Å². The Balaban J connectivity index is 1.38. The maximum atomic E-state index is 4.97. The van der Waals surface area contributed by atoms with Crippen molar-refractivity contribution in [2.75, 3.05) is 0 Å². The van der Waals surface area contributed by atoms with Crippen molar-refractivity contribution in [2.24, 2.45) is 0 Å². The number of hydrogen-bond donors (Lipinski definition) is 1. The molecule has 0 aliphatic rings. The van der Waals surface area contributed by atoms with E-state index in [1.54, 1.807) is 11.3 Å². The van der Waals surface area contributed by atoms with Crippen LogP contribution in [0.15, 0.2) is 60.8 Å². The molecule has 9 heteroatoms. The number of nitrogens with one attached hydrogen (secondary N) is 1. The van der Waals surface area contributed by atoms with Gasteiger partial charge in [-0.25, -0.2) is 15.0 Å². The Morgan fingerprint density at radius 1 is 0.971 bits per heavy atom. The lowest BCUT2D eigenvalue weighted by Crippen LogP contribution is -2.06. The monoisotopic (exact) mass is 466 g/mol.